The van der Waals surface area contributed by atoms with E-state index in [4.69, 9.17) is 62.7 Å². The fourth-order valence-corrected chi connectivity index (χ4v) is 2.23. The van der Waals surface area contributed by atoms with Gasteiger partial charge in [0.25, 0.3) is 4.52 Å². The van der Waals surface area contributed by atoms with E-state index in [2.05, 4.69) is 6.58 Å². The second-order valence-electron chi connectivity index (χ2n) is 3.41. The van der Waals surface area contributed by atoms with Crippen LogP contribution in [0.5, 0.6) is 0 Å². The van der Waals surface area contributed by atoms with Gasteiger partial charge in [-0.25, -0.2) is 4.79 Å². The Labute approximate surface area is 129 Å². The van der Waals surface area contributed by atoms with Gasteiger partial charge in [-0.1, -0.05) is 64.6 Å². The number of ether oxygens (including phenoxy) is 1. The number of carbonyl (C=O) groups excluding carboxylic acids is 1. The van der Waals surface area contributed by atoms with Gasteiger partial charge in [0.2, 0.25) is 0 Å². The van der Waals surface area contributed by atoms with Crippen molar-refractivity contribution in [2.75, 3.05) is 0 Å². The molecule has 1 aromatic carbocycles. The Kier molecular flexibility index (Phi) is 5.22. The molecule has 7 heteroatoms. The van der Waals surface area contributed by atoms with E-state index in [1.165, 1.54) is 19.1 Å². The fraction of sp³-hybridized carbons (Fsp3) is 0.182. The lowest BCUT2D eigenvalue weighted by molar-refractivity contribution is -0.143. The van der Waals surface area contributed by atoms with Crippen LogP contribution in [0, 0.1) is 0 Å². The summed E-state index contributed by atoms with van der Waals surface area (Å²) >= 11 is 29.4. The van der Waals surface area contributed by atoms with Crippen molar-refractivity contribution in [2.45, 2.75) is 11.4 Å². The van der Waals surface area contributed by atoms with Crippen LogP contribution >= 0.6 is 58.0 Å². The average molecular weight is 348 g/mol. The molecule has 0 atom stereocenters. The highest BCUT2D eigenvalue weighted by Gasteiger charge is 2.35. The summed E-state index contributed by atoms with van der Waals surface area (Å²) in [4.78, 5) is 11.4. The molecule has 1 aromatic rings. The van der Waals surface area contributed by atoms with Crippen molar-refractivity contribution in [2.24, 2.45) is 0 Å². The molecule has 98 valence electrons. The summed E-state index contributed by atoms with van der Waals surface area (Å²) in [5.41, 5.74) is 0.272. The topological polar surface area (TPSA) is 26.3 Å². The highest BCUT2D eigenvalue weighted by atomic mass is 35.5. The Morgan fingerprint density at radius 1 is 1.22 bits per heavy atom. The summed E-state index contributed by atoms with van der Waals surface area (Å²) in [6.45, 7) is 4.88. The summed E-state index contributed by atoms with van der Waals surface area (Å²) in [5.74, 6) is -0.748. The molecular formula is C11H7Cl5O2. The molecule has 18 heavy (non-hydrogen) atoms. The van der Waals surface area contributed by atoms with Crippen molar-refractivity contribution < 1.29 is 9.53 Å². The third-order valence-electron chi connectivity index (χ3n) is 1.92. The van der Waals surface area contributed by atoms with Gasteiger partial charge in [0.15, 0.2) is 0 Å². The van der Waals surface area contributed by atoms with Crippen LogP contribution < -0.4 is 0 Å². The molecule has 0 aliphatic carbocycles. The lowest BCUT2D eigenvalue weighted by atomic mass is 10.2. The lowest BCUT2D eigenvalue weighted by Crippen LogP contribution is -2.21. The Balaban J connectivity index is 3.17. The van der Waals surface area contributed by atoms with Gasteiger partial charge in [-0.15, -0.1) is 0 Å². The van der Waals surface area contributed by atoms with Gasteiger partial charge in [-0.05, 0) is 19.1 Å². The van der Waals surface area contributed by atoms with Gasteiger partial charge < -0.3 is 4.74 Å². The molecule has 0 saturated carbocycles. The number of rotatable bonds is 3. The van der Waals surface area contributed by atoms with E-state index in [-0.39, 0.29) is 26.2 Å². The molecule has 0 amide bonds. The summed E-state index contributed by atoms with van der Waals surface area (Å²) in [6, 6.07) is 2.86. The number of alkyl halides is 2. The standard InChI is InChI=1S/C11H7Cl5O2/c1-5(2)10(17)18-11(15,16)6-3-4-7(12)9(14)8(6)13/h3-4H,1H2,2H3. The fourth-order valence-electron chi connectivity index (χ4n) is 1.01. The van der Waals surface area contributed by atoms with Crippen LogP contribution in [-0.4, -0.2) is 5.97 Å². The third-order valence-corrected chi connectivity index (χ3v) is 3.77. The Morgan fingerprint density at radius 2 is 1.78 bits per heavy atom. The van der Waals surface area contributed by atoms with Gasteiger partial charge in [0.1, 0.15) is 0 Å². The molecule has 0 aliphatic heterocycles. The van der Waals surface area contributed by atoms with Gasteiger partial charge in [0.05, 0.1) is 15.1 Å². The van der Waals surface area contributed by atoms with Gasteiger partial charge in [-0.3, -0.25) is 0 Å². The summed E-state index contributed by atoms with van der Waals surface area (Å²) in [6.07, 6.45) is 0. The maximum Gasteiger partial charge on any atom is 0.336 e. The number of hydrogen-bond donors (Lipinski definition) is 0. The Hall–Kier alpha value is -0.120. The molecule has 1 rings (SSSR count). The molecule has 0 heterocycles. The minimum absolute atomic E-state index is 0.0173. The summed E-state index contributed by atoms with van der Waals surface area (Å²) in [5, 5.41) is 0.331. The minimum Gasteiger partial charge on any atom is -0.421 e. The van der Waals surface area contributed by atoms with Crippen LogP contribution in [-0.2, 0) is 14.1 Å². The highest BCUT2D eigenvalue weighted by molar-refractivity contribution is 6.51. The molecular weight excluding hydrogens is 341 g/mol. The smallest absolute Gasteiger partial charge is 0.336 e. The first-order valence-corrected chi connectivity index (χ1v) is 6.46. The number of hydrogen-bond acceptors (Lipinski definition) is 2. The maximum absolute atomic E-state index is 11.4. The largest absolute Gasteiger partial charge is 0.421 e. The molecule has 0 saturated heterocycles. The zero-order chi connectivity index (χ0) is 14.1. The minimum atomic E-state index is -1.97. The SMILES string of the molecule is C=C(C)C(=O)OC(Cl)(Cl)c1ccc(Cl)c(Cl)c1Cl. The van der Waals surface area contributed by atoms with Gasteiger partial charge in [0, 0.05) is 11.1 Å². The molecule has 0 radical (unpaired) electrons. The maximum atomic E-state index is 11.4. The average Bonchev–Trinajstić information content (AvgIpc) is 2.24. The molecule has 0 aliphatic rings. The Bertz CT molecular complexity index is 510. The van der Waals surface area contributed by atoms with E-state index in [0.29, 0.717) is 0 Å². The zero-order valence-corrected chi connectivity index (χ0v) is 12.8. The number of esters is 1. The summed E-state index contributed by atoms with van der Waals surface area (Å²) in [7, 11) is 0. The van der Waals surface area contributed by atoms with Crippen LogP contribution in [0.15, 0.2) is 24.3 Å². The number of carbonyl (C=O) groups is 1. The molecule has 2 nitrogen and oxygen atoms in total. The van der Waals surface area contributed by atoms with Crippen LogP contribution in [0.3, 0.4) is 0 Å². The van der Waals surface area contributed by atoms with E-state index in [0.717, 1.165) is 0 Å². The quantitative estimate of drug-likeness (QED) is 0.318. The first kappa shape index (κ1) is 15.9. The zero-order valence-electron chi connectivity index (χ0n) is 9.07. The van der Waals surface area contributed by atoms with Gasteiger partial charge >= 0.3 is 5.97 Å². The highest BCUT2D eigenvalue weighted by Crippen LogP contribution is 2.44. The van der Waals surface area contributed by atoms with Crippen molar-refractivity contribution in [3.8, 4) is 0 Å². The van der Waals surface area contributed by atoms with Crippen molar-refractivity contribution in [3.05, 3.63) is 44.9 Å². The van der Waals surface area contributed by atoms with Crippen molar-refractivity contribution in [1.29, 1.82) is 0 Å². The lowest BCUT2D eigenvalue weighted by Gasteiger charge is -2.22. The van der Waals surface area contributed by atoms with Crippen LogP contribution in [0.1, 0.15) is 12.5 Å². The molecule has 0 spiro atoms. The van der Waals surface area contributed by atoms with Crippen molar-refractivity contribution in [1.82, 2.24) is 0 Å². The predicted octanol–water partition coefficient (Wildman–Crippen LogP) is 5.35. The number of benzene rings is 1. The molecule has 0 fully saturated rings. The molecule has 0 bridgehead atoms. The van der Waals surface area contributed by atoms with Crippen molar-refractivity contribution in [3.63, 3.8) is 0 Å². The normalized spacial score (nSPS) is 11.2. The van der Waals surface area contributed by atoms with Crippen molar-refractivity contribution >= 4 is 64.0 Å². The van der Waals surface area contributed by atoms with E-state index in [1.54, 1.807) is 0 Å². The van der Waals surface area contributed by atoms with Crippen LogP contribution in [0.2, 0.25) is 15.1 Å². The monoisotopic (exact) mass is 346 g/mol. The van der Waals surface area contributed by atoms with Crippen LogP contribution in [0.25, 0.3) is 0 Å². The second-order valence-corrected chi connectivity index (χ2v) is 5.83. The first-order chi connectivity index (χ1) is 8.16. The molecule has 0 N–H and O–H groups in total. The van der Waals surface area contributed by atoms with E-state index >= 15 is 0 Å². The first-order valence-electron chi connectivity index (χ1n) is 4.57. The molecule has 0 aromatic heterocycles. The third kappa shape index (κ3) is 3.46. The van der Waals surface area contributed by atoms with E-state index in [1.807, 2.05) is 0 Å². The van der Waals surface area contributed by atoms with Crippen LogP contribution in [0.4, 0.5) is 0 Å². The second kappa shape index (κ2) is 5.89. The van der Waals surface area contributed by atoms with Gasteiger partial charge in [-0.2, -0.15) is 0 Å². The molecule has 0 unspecified atom stereocenters. The summed E-state index contributed by atoms with van der Waals surface area (Å²) < 4.78 is 2.90. The van der Waals surface area contributed by atoms with E-state index < -0.39 is 10.5 Å². The number of halogens is 5. The predicted molar refractivity (Wildman–Crippen MR) is 75.8 cm³/mol. The van der Waals surface area contributed by atoms with E-state index in [9.17, 15) is 4.79 Å². The Morgan fingerprint density at radius 3 is 2.28 bits per heavy atom.